The fourth-order valence-electron chi connectivity index (χ4n) is 2.54. The second-order valence-electron chi connectivity index (χ2n) is 6.46. The Kier molecular flexibility index (Phi) is 6.42. The number of ether oxygens (including phenoxy) is 1. The highest BCUT2D eigenvalue weighted by Gasteiger charge is 2.17. The number of hydrogen-bond donors (Lipinski definition) is 1. The van der Waals surface area contributed by atoms with Crippen LogP contribution in [-0.2, 0) is 11.2 Å². The molecule has 3 heteroatoms. The summed E-state index contributed by atoms with van der Waals surface area (Å²) in [6.07, 6.45) is 1.35. The molecular formula is C21H27NO2. The average Bonchev–Trinajstić information content (AvgIpc) is 2.57. The number of carbonyl (C=O) groups excluding carboxylic acids is 1. The molecule has 128 valence electrons. The van der Waals surface area contributed by atoms with E-state index in [-0.39, 0.29) is 11.9 Å². The van der Waals surface area contributed by atoms with E-state index >= 15 is 0 Å². The summed E-state index contributed by atoms with van der Waals surface area (Å²) in [5.74, 6) is 0.700. The molecule has 2 aromatic rings. The highest BCUT2D eigenvalue weighted by atomic mass is 16.5. The molecule has 0 saturated heterocycles. The lowest BCUT2D eigenvalue weighted by Crippen LogP contribution is -2.41. The molecule has 0 unspecified atom stereocenters. The minimum absolute atomic E-state index is 0.0727. The third-order valence-corrected chi connectivity index (χ3v) is 4.11. The molecular weight excluding hydrogens is 298 g/mol. The maximum atomic E-state index is 12.3. The fraction of sp³-hybridized carbons (Fsp3) is 0.381. The summed E-state index contributed by atoms with van der Waals surface area (Å²) in [6, 6.07) is 16.5. The lowest BCUT2D eigenvalue weighted by atomic mass is 10.1. The first-order valence-electron chi connectivity index (χ1n) is 8.54. The van der Waals surface area contributed by atoms with Crippen molar-refractivity contribution in [3.05, 3.63) is 65.2 Å². The van der Waals surface area contributed by atoms with E-state index in [1.54, 1.807) is 6.92 Å². The van der Waals surface area contributed by atoms with Crippen LogP contribution in [0.25, 0.3) is 0 Å². The second-order valence-corrected chi connectivity index (χ2v) is 6.46. The van der Waals surface area contributed by atoms with Crippen molar-refractivity contribution in [2.45, 2.75) is 52.7 Å². The van der Waals surface area contributed by atoms with Gasteiger partial charge in [-0.25, -0.2) is 0 Å². The van der Waals surface area contributed by atoms with E-state index in [1.807, 2.05) is 57.2 Å². The maximum Gasteiger partial charge on any atom is 0.260 e. The maximum absolute atomic E-state index is 12.3. The Labute approximate surface area is 145 Å². The first kappa shape index (κ1) is 18.1. The van der Waals surface area contributed by atoms with Gasteiger partial charge in [-0.1, -0.05) is 42.5 Å². The Bertz CT molecular complexity index is 667. The number of carbonyl (C=O) groups is 1. The Morgan fingerprint density at radius 1 is 1.08 bits per heavy atom. The van der Waals surface area contributed by atoms with Gasteiger partial charge in [-0.2, -0.15) is 0 Å². The van der Waals surface area contributed by atoms with Crippen molar-refractivity contribution < 1.29 is 9.53 Å². The van der Waals surface area contributed by atoms with E-state index in [2.05, 4.69) is 17.4 Å². The summed E-state index contributed by atoms with van der Waals surface area (Å²) in [6.45, 7) is 7.83. The van der Waals surface area contributed by atoms with Crippen LogP contribution in [0.5, 0.6) is 5.75 Å². The number of nitrogens with one attached hydrogen (secondary N) is 1. The summed E-state index contributed by atoms with van der Waals surface area (Å²) < 4.78 is 5.84. The van der Waals surface area contributed by atoms with Crippen LogP contribution in [0.3, 0.4) is 0 Å². The Balaban J connectivity index is 1.83. The summed E-state index contributed by atoms with van der Waals surface area (Å²) >= 11 is 0. The van der Waals surface area contributed by atoms with E-state index in [0.29, 0.717) is 0 Å². The van der Waals surface area contributed by atoms with E-state index in [1.165, 1.54) is 5.56 Å². The summed E-state index contributed by atoms with van der Waals surface area (Å²) in [5, 5.41) is 3.04. The molecule has 2 rings (SSSR count). The monoisotopic (exact) mass is 325 g/mol. The van der Waals surface area contributed by atoms with Crippen LogP contribution in [0, 0.1) is 13.8 Å². The summed E-state index contributed by atoms with van der Waals surface area (Å²) in [4.78, 5) is 12.3. The largest absolute Gasteiger partial charge is 0.481 e. The molecule has 0 aromatic heterocycles. The molecule has 0 radical (unpaired) electrons. The third-order valence-electron chi connectivity index (χ3n) is 4.11. The van der Waals surface area contributed by atoms with Crippen molar-refractivity contribution in [2.75, 3.05) is 0 Å². The fourth-order valence-corrected chi connectivity index (χ4v) is 2.54. The van der Waals surface area contributed by atoms with Crippen LogP contribution in [0.2, 0.25) is 0 Å². The van der Waals surface area contributed by atoms with Gasteiger partial charge in [0.05, 0.1) is 0 Å². The van der Waals surface area contributed by atoms with E-state index in [9.17, 15) is 4.79 Å². The van der Waals surface area contributed by atoms with Gasteiger partial charge in [0.1, 0.15) is 5.75 Å². The Hall–Kier alpha value is -2.29. The number of amides is 1. The first-order valence-corrected chi connectivity index (χ1v) is 8.54. The number of hydrogen-bond acceptors (Lipinski definition) is 2. The topological polar surface area (TPSA) is 38.3 Å². The van der Waals surface area contributed by atoms with Gasteiger partial charge in [0.2, 0.25) is 0 Å². The molecule has 0 aliphatic carbocycles. The number of benzene rings is 2. The lowest BCUT2D eigenvalue weighted by molar-refractivity contribution is -0.127. The molecule has 1 amide bonds. The predicted octanol–water partition coefficient (Wildman–Crippen LogP) is 4.21. The van der Waals surface area contributed by atoms with E-state index < -0.39 is 6.10 Å². The summed E-state index contributed by atoms with van der Waals surface area (Å²) in [7, 11) is 0. The quantitative estimate of drug-likeness (QED) is 0.828. The number of rotatable bonds is 7. The lowest BCUT2D eigenvalue weighted by Gasteiger charge is -2.20. The van der Waals surface area contributed by atoms with Crippen molar-refractivity contribution in [2.24, 2.45) is 0 Å². The van der Waals surface area contributed by atoms with Gasteiger partial charge in [-0.3, -0.25) is 4.79 Å². The van der Waals surface area contributed by atoms with Gasteiger partial charge in [0.25, 0.3) is 5.91 Å². The van der Waals surface area contributed by atoms with Crippen molar-refractivity contribution in [1.82, 2.24) is 5.32 Å². The molecule has 0 heterocycles. The van der Waals surface area contributed by atoms with Crippen LogP contribution < -0.4 is 10.1 Å². The van der Waals surface area contributed by atoms with Gasteiger partial charge >= 0.3 is 0 Å². The Morgan fingerprint density at radius 3 is 2.50 bits per heavy atom. The molecule has 1 N–H and O–H groups in total. The zero-order chi connectivity index (χ0) is 17.5. The molecule has 2 atom stereocenters. The third kappa shape index (κ3) is 5.41. The van der Waals surface area contributed by atoms with Crippen LogP contribution in [0.4, 0.5) is 0 Å². The summed E-state index contributed by atoms with van der Waals surface area (Å²) in [5.41, 5.74) is 3.45. The van der Waals surface area contributed by atoms with Crippen LogP contribution in [0.1, 0.15) is 37.0 Å². The zero-order valence-corrected chi connectivity index (χ0v) is 15.0. The highest BCUT2D eigenvalue weighted by Crippen LogP contribution is 2.20. The minimum atomic E-state index is -0.510. The van der Waals surface area contributed by atoms with Gasteiger partial charge in [-0.15, -0.1) is 0 Å². The van der Waals surface area contributed by atoms with Gasteiger partial charge in [-0.05, 0) is 63.3 Å². The van der Waals surface area contributed by atoms with Crippen LogP contribution in [0.15, 0.2) is 48.5 Å². The number of aryl methyl sites for hydroxylation is 3. The first-order chi connectivity index (χ1) is 11.5. The van der Waals surface area contributed by atoms with Gasteiger partial charge < -0.3 is 10.1 Å². The molecule has 0 fully saturated rings. The molecule has 0 saturated carbocycles. The smallest absolute Gasteiger partial charge is 0.260 e. The average molecular weight is 325 g/mol. The van der Waals surface area contributed by atoms with E-state index in [4.69, 9.17) is 4.74 Å². The molecule has 3 nitrogen and oxygen atoms in total. The van der Waals surface area contributed by atoms with Crippen molar-refractivity contribution >= 4 is 5.91 Å². The van der Waals surface area contributed by atoms with Gasteiger partial charge in [0.15, 0.2) is 6.10 Å². The van der Waals surface area contributed by atoms with E-state index in [0.717, 1.165) is 29.7 Å². The SMILES string of the molecule is Cc1ccc(C)c(O[C@H](C)C(=O)N[C@@H](C)CCc2ccccc2)c1. The van der Waals surface area contributed by atoms with Crippen molar-refractivity contribution in [3.8, 4) is 5.75 Å². The minimum Gasteiger partial charge on any atom is -0.481 e. The standard InChI is InChI=1S/C21H27NO2/c1-15-10-11-16(2)20(14-15)24-18(4)21(23)22-17(3)12-13-19-8-6-5-7-9-19/h5-11,14,17-18H,12-13H2,1-4H3,(H,22,23)/t17-,18+/m0/s1. The zero-order valence-electron chi connectivity index (χ0n) is 15.0. The van der Waals surface area contributed by atoms with Crippen LogP contribution in [-0.4, -0.2) is 18.1 Å². The Morgan fingerprint density at radius 2 is 1.79 bits per heavy atom. The highest BCUT2D eigenvalue weighted by molar-refractivity contribution is 5.81. The molecule has 0 aliphatic rings. The normalized spacial score (nSPS) is 13.2. The predicted molar refractivity (Wildman–Crippen MR) is 98.4 cm³/mol. The second kappa shape index (κ2) is 8.53. The van der Waals surface area contributed by atoms with Crippen molar-refractivity contribution in [3.63, 3.8) is 0 Å². The van der Waals surface area contributed by atoms with Crippen LogP contribution >= 0.6 is 0 Å². The van der Waals surface area contributed by atoms with Gasteiger partial charge in [0, 0.05) is 6.04 Å². The molecule has 0 aliphatic heterocycles. The molecule has 24 heavy (non-hydrogen) atoms. The van der Waals surface area contributed by atoms with Crippen molar-refractivity contribution in [1.29, 1.82) is 0 Å². The molecule has 2 aromatic carbocycles. The molecule has 0 bridgehead atoms. The molecule has 0 spiro atoms.